The van der Waals surface area contributed by atoms with Crippen LogP contribution in [0.25, 0.3) is 0 Å². The SMILES string of the molecule is OC(c1cc(F)cc(F)c1)c1ccc(F)cn1. The van der Waals surface area contributed by atoms with Crippen LogP contribution in [0.1, 0.15) is 17.4 Å². The van der Waals surface area contributed by atoms with E-state index in [0.717, 1.165) is 24.4 Å². The van der Waals surface area contributed by atoms with Gasteiger partial charge in [0.25, 0.3) is 0 Å². The van der Waals surface area contributed by atoms with Gasteiger partial charge >= 0.3 is 0 Å². The third kappa shape index (κ3) is 2.62. The monoisotopic (exact) mass is 239 g/mol. The molecule has 0 radical (unpaired) electrons. The minimum Gasteiger partial charge on any atom is -0.382 e. The van der Waals surface area contributed by atoms with E-state index in [1.54, 1.807) is 0 Å². The number of aromatic nitrogens is 1. The zero-order valence-corrected chi connectivity index (χ0v) is 8.57. The van der Waals surface area contributed by atoms with Crippen molar-refractivity contribution in [1.29, 1.82) is 0 Å². The molecule has 0 bridgehead atoms. The molecule has 2 rings (SSSR count). The molecule has 0 fully saturated rings. The van der Waals surface area contributed by atoms with E-state index in [9.17, 15) is 18.3 Å². The van der Waals surface area contributed by atoms with Crippen LogP contribution in [0.2, 0.25) is 0 Å². The lowest BCUT2D eigenvalue weighted by Crippen LogP contribution is -2.03. The Morgan fingerprint density at radius 3 is 2.12 bits per heavy atom. The Balaban J connectivity index is 2.36. The average Bonchev–Trinajstić information content (AvgIpc) is 2.28. The van der Waals surface area contributed by atoms with E-state index in [4.69, 9.17) is 0 Å². The smallest absolute Gasteiger partial charge is 0.141 e. The zero-order chi connectivity index (χ0) is 12.4. The quantitative estimate of drug-likeness (QED) is 0.873. The van der Waals surface area contributed by atoms with Crippen LogP contribution in [0.4, 0.5) is 13.2 Å². The van der Waals surface area contributed by atoms with Crippen molar-refractivity contribution in [3.63, 3.8) is 0 Å². The summed E-state index contributed by atoms with van der Waals surface area (Å²) in [6.45, 7) is 0. The number of halogens is 3. The van der Waals surface area contributed by atoms with Gasteiger partial charge in [-0.25, -0.2) is 13.2 Å². The Morgan fingerprint density at radius 1 is 0.941 bits per heavy atom. The van der Waals surface area contributed by atoms with Gasteiger partial charge in [0.1, 0.15) is 23.6 Å². The summed E-state index contributed by atoms with van der Waals surface area (Å²) in [5.74, 6) is -2.13. The summed E-state index contributed by atoms with van der Waals surface area (Å²) in [6, 6.07) is 5.07. The van der Waals surface area contributed by atoms with Crippen LogP contribution < -0.4 is 0 Å². The van der Waals surface area contributed by atoms with Crippen LogP contribution in [-0.4, -0.2) is 10.1 Å². The first-order chi connectivity index (χ1) is 8.06. The number of hydrogen-bond acceptors (Lipinski definition) is 2. The summed E-state index contributed by atoms with van der Waals surface area (Å²) in [5.41, 5.74) is 0.151. The summed E-state index contributed by atoms with van der Waals surface area (Å²) < 4.78 is 38.5. The standard InChI is InChI=1S/C12H8F3NO/c13-8-1-2-11(16-6-8)12(17)7-3-9(14)5-10(15)4-7/h1-6,12,17H. The van der Waals surface area contributed by atoms with E-state index >= 15 is 0 Å². The fourth-order valence-corrected chi connectivity index (χ4v) is 1.45. The molecule has 1 aromatic heterocycles. The molecule has 1 unspecified atom stereocenters. The molecular weight excluding hydrogens is 231 g/mol. The molecule has 0 aliphatic rings. The van der Waals surface area contributed by atoms with E-state index in [2.05, 4.69) is 4.98 Å². The fraction of sp³-hybridized carbons (Fsp3) is 0.0833. The second-order valence-corrected chi connectivity index (χ2v) is 3.51. The van der Waals surface area contributed by atoms with Crippen molar-refractivity contribution in [3.05, 3.63) is 65.2 Å². The molecule has 88 valence electrons. The highest BCUT2D eigenvalue weighted by molar-refractivity contribution is 5.26. The molecule has 0 aliphatic carbocycles. The van der Waals surface area contributed by atoms with Crippen molar-refractivity contribution in [2.45, 2.75) is 6.10 Å². The predicted octanol–water partition coefficient (Wildman–Crippen LogP) is 2.58. The Kier molecular flexibility index (Phi) is 3.10. The molecule has 1 N–H and O–H groups in total. The number of nitrogens with zero attached hydrogens (tertiary/aromatic N) is 1. The van der Waals surface area contributed by atoms with Crippen LogP contribution >= 0.6 is 0 Å². The molecule has 17 heavy (non-hydrogen) atoms. The second-order valence-electron chi connectivity index (χ2n) is 3.51. The zero-order valence-electron chi connectivity index (χ0n) is 8.57. The highest BCUT2D eigenvalue weighted by Gasteiger charge is 2.14. The molecule has 2 aromatic rings. The molecule has 1 heterocycles. The lowest BCUT2D eigenvalue weighted by molar-refractivity contribution is 0.214. The molecule has 0 saturated carbocycles. The van der Waals surface area contributed by atoms with Gasteiger partial charge in [-0.1, -0.05) is 0 Å². The van der Waals surface area contributed by atoms with E-state index in [-0.39, 0.29) is 11.3 Å². The van der Waals surface area contributed by atoms with Gasteiger partial charge in [0.2, 0.25) is 0 Å². The van der Waals surface area contributed by atoms with Gasteiger partial charge in [0.15, 0.2) is 0 Å². The Labute approximate surface area is 95.4 Å². The molecule has 2 nitrogen and oxygen atoms in total. The first-order valence-corrected chi connectivity index (χ1v) is 4.82. The van der Waals surface area contributed by atoms with Crippen LogP contribution in [0.15, 0.2) is 36.5 Å². The van der Waals surface area contributed by atoms with Crippen molar-refractivity contribution in [1.82, 2.24) is 4.98 Å². The number of benzene rings is 1. The number of hydrogen-bond donors (Lipinski definition) is 1. The molecule has 0 saturated heterocycles. The predicted molar refractivity (Wildman–Crippen MR) is 54.6 cm³/mol. The van der Waals surface area contributed by atoms with E-state index < -0.39 is 23.6 Å². The van der Waals surface area contributed by atoms with Gasteiger partial charge in [0, 0.05) is 6.07 Å². The maximum atomic E-state index is 12.9. The van der Waals surface area contributed by atoms with Crippen molar-refractivity contribution >= 4 is 0 Å². The average molecular weight is 239 g/mol. The molecule has 5 heteroatoms. The van der Waals surface area contributed by atoms with E-state index in [0.29, 0.717) is 6.07 Å². The Bertz CT molecular complexity index is 508. The molecule has 0 spiro atoms. The summed E-state index contributed by atoms with van der Waals surface area (Å²) >= 11 is 0. The summed E-state index contributed by atoms with van der Waals surface area (Å²) in [4.78, 5) is 3.64. The highest BCUT2D eigenvalue weighted by Crippen LogP contribution is 2.21. The second kappa shape index (κ2) is 4.55. The van der Waals surface area contributed by atoms with Crippen molar-refractivity contribution in [2.75, 3.05) is 0 Å². The molecule has 0 aliphatic heterocycles. The van der Waals surface area contributed by atoms with Crippen LogP contribution in [0.3, 0.4) is 0 Å². The molecular formula is C12H8F3NO. The number of rotatable bonds is 2. The number of pyridine rings is 1. The van der Waals surface area contributed by atoms with Crippen LogP contribution in [0.5, 0.6) is 0 Å². The largest absolute Gasteiger partial charge is 0.382 e. The Hall–Kier alpha value is -1.88. The van der Waals surface area contributed by atoms with Gasteiger partial charge in [-0.05, 0) is 29.8 Å². The van der Waals surface area contributed by atoms with Gasteiger partial charge in [0.05, 0.1) is 11.9 Å². The summed E-state index contributed by atoms with van der Waals surface area (Å²) in [6.07, 6.45) is -0.366. The minimum absolute atomic E-state index is 0.0293. The Morgan fingerprint density at radius 2 is 1.59 bits per heavy atom. The lowest BCUT2D eigenvalue weighted by Gasteiger charge is -2.10. The number of aliphatic hydroxyl groups excluding tert-OH is 1. The molecule has 0 amide bonds. The van der Waals surface area contributed by atoms with Crippen molar-refractivity contribution < 1.29 is 18.3 Å². The first kappa shape index (κ1) is 11.6. The van der Waals surface area contributed by atoms with Crippen LogP contribution in [-0.2, 0) is 0 Å². The van der Waals surface area contributed by atoms with E-state index in [1.807, 2.05) is 0 Å². The van der Waals surface area contributed by atoms with Crippen molar-refractivity contribution in [2.24, 2.45) is 0 Å². The maximum Gasteiger partial charge on any atom is 0.141 e. The molecule has 1 atom stereocenters. The van der Waals surface area contributed by atoms with Crippen molar-refractivity contribution in [3.8, 4) is 0 Å². The fourth-order valence-electron chi connectivity index (χ4n) is 1.45. The molecule has 1 aromatic carbocycles. The first-order valence-electron chi connectivity index (χ1n) is 4.82. The topological polar surface area (TPSA) is 33.1 Å². The van der Waals surface area contributed by atoms with Gasteiger partial charge in [-0.2, -0.15) is 0 Å². The van der Waals surface area contributed by atoms with Gasteiger partial charge in [-0.15, -0.1) is 0 Å². The highest BCUT2D eigenvalue weighted by atomic mass is 19.1. The third-order valence-corrected chi connectivity index (χ3v) is 2.23. The van der Waals surface area contributed by atoms with Gasteiger partial charge in [-0.3, -0.25) is 4.98 Å². The number of aliphatic hydroxyl groups is 1. The maximum absolute atomic E-state index is 12.9. The van der Waals surface area contributed by atoms with E-state index in [1.165, 1.54) is 6.07 Å². The summed E-state index contributed by atoms with van der Waals surface area (Å²) in [5, 5.41) is 9.81. The lowest BCUT2D eigenvalue weighted by atomic mass is 10.1. The normalized spacial score (nSPS) is 12.5. The third-order valence-electron chi connectivity index (χ3n) is 2.23. The minimum atomic E-state index is -1.29. The van der Waals surface area contributed by atoms with Crippen LogP contribution in [0, 0.1) is 17.5 Å². The summed E-state index contributed by atoms with van der Waals surface area (Å²) in [7, 11) is 0. The van der Waals surface area contributed by atoms with Gasteiger partial charge < -0.3 is 5.11 Å².